The fourth-order valence-corrected chi connectivity index (χ4v) is 2.43. The Morgan fingerprint density at radius 3 is 2.47 bits per heavy atom. The summed E-state index contributed by atoms with van der Waals surface area (Å²) in [6, 6.07) is 0.587. The van der Waals surface area contributed by atoms with E-state index < -0.39 is 0 Å². The van der Waals surface area contributed by atoms with Crippen molar-refractivity contribution in [1.29, 1.82) is 0 Å². The van der Waals surface area contributed by atoms with Gasteiger partial charge in [-0.25, -0.2) is 0 Å². The first kappa shape index (κ1) is 12.4. The van der Waals surface area contributed by atoms with Crippen molar-refractivity contribution in [2.75, 3.05) is 26.2 Å². The van der Waals surface area contributed by atoms with E-state index in [1.54, 1.807) is 0 Å². The van der Waals surface area contributed by atoms with Gasteiger partial charge in [-0.2, -0.15) is 0 Å². The van der Waals surface area contributed by atoms with Crippen LogP contribution in [0.2, 0.25) is 0 Å². The third-order valence-corrected chi connectivity index (χ3v) is 3.62. The Kier molecular flexibility index (Phi) is 4.00. The molecule has 94 valence electrons. The minimum atomic E-state index is 0.248. The molecule has 0 saturated carbocycles. The van der Waals surface area contributed by atoms with Crippen LogP contribution in [0.15, 0.2) is 23.8 Å². The second-order valence-corrected chi connectivity index (χ2v) is 5.08. The van der Waals surface area contributed by atoms with Crippen molar-refractivity contribution in [3.05, 3.63) is 23.8 Å². The summed E-state index contributed by atoms with van der Waals surface area (Å²) < 4.78 is 0. The molecule has 0 aromatic carbocycles. The first-order valence-corrected chi connectivity index (χ1v) is 6.57. The van der Waals surface area contributed by atoms with Crippen LogP contribution in [0.5, 0.6) is 0 Å². The first-order chi connectivity index (χ1) is 8.18. The van der Waals surface area contributed by atoms with Gasteiger partial charge in [0, 0.05) is 37.8 Å². The molecule has 3 heteroatoms. The maximum atomic E-state index is 12.2. The molecule has 1 fully saturated rings. The Morgan fingerprint density at radius 1 is 1.24 bits per heavy atom. The zero-order valence-corrected chi connectivity index (χ0v) is 10.9. The molecule has 1 saturated heterocycles. The molecule has 17 heavy (non-hydrogen) atoms. The van der Waals surface area contributed by atoms with Gasteiger partial charge in [-0.05, 0) is 26.7 Å². The second-order valence-electron chi connectivity index (χ2n) is 5.08. The number of nitrogens with zero attached hydrogens (tertiary/aromatic N) is 2. The lowest BCUT2D eigenvalue weighted by molar-refractivity contribution is -0.129. The van der Waals surface area contributed by atoms with Gasteiger partial charge in [-0.1, -0.05) is 18.2 Å². The van der Waals surface area contributed by atoms with E-state index in [-0.39, 0.29) is 5.91 Å². The van der Waals surface area contributed by atoms with E-state index in [0.717, 1.165) is 44.6 Å². The lowest BCUT2D eigenvalue weighted by atomic mass is 10.0. The fourth-order valence-electron chi connectivity index (χ4n) is 2.43. The molecular weight excluding hydrogens is 212 g/mol. The smallest absolute Gasteiger partial charge is 0.249 e. The van der Waals surface area contributed by atoms with Crippen LogP contribution in [0.25, 0.3) is 0 Å². The van der Waals surface area contributed by atoms with Crippen LogP contribution >= 0.6 is 0 Å². The number of allylic oxidation sites excluding steroid dienone is 3. The largest absolute Gasteiger partial charge is 0.336 e. The van der Waals surface area contributed by atoms with E-state index in [1.807, 2.05) is 17.1 Å². The molecule has 1 amide bonds. The average Bonchev–Trinajstić information content (AvgIpc) is 2.39. The van der Waals surface area contributed by atoms with Gasteiger partial charge in [0.2, 0.25) is 5.91 Å². The Hall–Kier alpha value is -1.09. The highest BCUT2D eigenvalue weighted by Gasteiger charge is 2.24. The Labute approximate surface area is 104 Å². The van der Waals surface area contributed by atoms with Gasteiger partial charge in [0.25, 0.3) is 0 Å². The average molecular weight is 234 g/mol. The van der Waals surface area contributed by atoms with Gasteiger partial charge in [-0.15, -0.1) is 0 Å². The standard InChI is InChI=1S/C14H22N2O/c1-12(2)15-8-10-16(11-9-15)14(17)13-6-4-3-5-7-13/h3-4,6,12H,5,7-11H2,1-2H3. The molecule has 0 unspecified atom stereocenters. The molecule has 1 heterocycles. The molecule has 0 atom stereocenters. The quantitative estimate of drug-likeness (QED) is 0.727. The predicted molar refractivity (Wildman–Crippen MR) is 69.7 cm³/mol. The van der Waals surface area contributed by atoms with Crippen LogP contribution < -0.4 is 0 Å². The van der Waals surface area contributed by atoms with E-state index in [4.69, 9.17) is 0 Å². The number of hydrogen-bond donors (Lipinski definition) is 0. The van der Waals surface area contributed by atoms with Crippen LogP contribution in [0.1, 0.15) is 26.7 Å². The predicted octanol–water partition coefficient (Wildman–Crippen LogP) is 1.82. The highest BCUT2D eigenvalue weighted by atomic mass is 16.2. The Balaban J connectivity index is 1.90. The zero-order chi connectivity index (χ0) is 12.3. The SMILES string of the molecule is CC(C)N1CCN(C(=O)C2=CC=CCC2)CC1. The molecule has 0 aromatic heterocycles. The molecule has 0 spiro atoms. The monoisotopic (exact) mass is 234 g/mol. The topological polar surface area (TPSA) is 23.6 Å². The van der Waals surface area contributed by atoms with E-state index in [2.05, 4.69) is 24.8 Å². The van der Waals surface area contributed by atoms with Crippen LogP contribution in [-0.4, -0.2) is 47.9 Å². The summed E-state index contributed by atoms with van der Waals surface area (Å²) in [5, 5.41) is 0. The summed E-state index contributed by atoms with van der Waals surface area (Å²) in [6.45, 7) is 8.19. The highest BCUT2D eigenvalue weighted by Crippen LogP contribution is 2.16. The number of carbonyl (C=O) groups excluding carboxylic acids is 1. The van der Waals surface area contributed by atoms with Gasteiger partial charge in [0.1, 0.15) is 0 Å². The van der Waals surface area contributed by atoms with E-state index >= 15 is 0 Å². The number of piperazine rings is 1. The molecular formula is C14H22N2O. The Bertz CT molecular complexity index is 336. The summed E-state index contributed by atoms with van der Waals surface area (Å²) in [5.41, 5.74) is 0.977. The minimum Gasteiger partial charge on any atom is -0.336 e. The van der Waals surface area contributed by atoms with Crippen LogP contribution in [-0.2, 0) is 4.79 Å². The lowest BCUT2D eigenvalue weighted by Crippen LogP contribution is -2.51. The van der Waals surface area contributed by atoms with Crippen LogP contribution in [0.4, 0.5) is 0 Å². The van der Waals surface area contributed by atoms with E-state index in [9.17, 15) is 4.79 Å². The summed E-state index contributed by atoms with van der Waals surface area (Å²) in [4.78, 5) is 16.7. The molecule has 0 aromatic rings. The van der Waals surface area contributed by atoms with Gasteiger partial charge < -0.3 is 4.90 Å². The number of hydrogen-bond acceptors (Lipinski definition) is 2. The lowest BCUT2D eigenvalue weighted by Gasteiger charge is -2.37. The molecule has 0 radical (unpaired) electrons. The summed E-state index contributed by atoms with van der Waals surface area (Å²) in [7, 11) is 0. The maximum absolute atomic E-state index is 12.2. The maximum Gasteiger partial charge on any atom is 0.249 e. The van der Waals surface area contributed by atoms with Crippen molar-refractivity contribution in [3.63, 3.8) is 0 Å². The molecule has 1 aliphatic heterocycles. The highest BCUT2D eigenvalue weighted by molar-refractivity contribution is 5.94. The van der Waals surface area contributed by atoms with Crippen molar-refractivity contribution in [2.45, 2.75) is 32.7 Å². The van der Waals surface area contributed by atoms with Crippen molar-refractivity contribution in [3.8, 4) is 0 Å². The third kappa shape index (κ3) is 2.97. The molecule has 0 N–H and O–H groups in total. The van der Waals surface area contributed by atoms with Gasteiger partial charge in [0.05, 0.1) is 0 Å². The van der Waals surface area contributed by atoms with Gasteiger partial charge >= 0.3 is 0 Å². The van der Waals surface area contributed by atoms with Crippen LogP contribution in [0, 0.1) is 0 Å². The molecule has 1 aliphatic carbocycles. The molecule has 2 aliphatic rings. The van der Waals surface area contributed by atoms with Crippen LogP contribution in [0.3, 0.4) is 0 Å². The molecule has 3 nitrogen and oxygen atoms in total. The Morgan fingerprint density at radius 2 is 1.94 bits per heavy atom. The minimum absolute atomic E-state index is 0.248. The first-order valence-electron chi connectivity index (χ1n) is 6.57. The summed E-state index contributed by atoms with van der Waals surface area (Å²) in [5.74, 6) is 0.248. The van der Waals surface area contributed by atoms with Gasteiger partial charge in [-0.3, -0.25) is 9.69 Å². The van der Waals surface area contributed by atoms with Crippen molar-refractivity contribution < 1.29 is 4.79 Å². The fraction of sp³-hybridized carbons (Fsp3) is 0.643. The number of carbonyl (C=O) groups is 1. The van der Waals surface area contributed by atoms with E-state index in [1.165, 1.54) is 0 Å². The number of rotatable bonds is 2. The van der Waals surface area contributed by atoms with Crippen molar-refractivity contribution in [2.24, 2.45) is 0 Å². The normalized spacial score (nSPS) is 21.8. The van der Waals surface area contributed by atoms with E-state index in [0.29, 0.717) is 6.04 Å². The molecule has 0 bridgehead atoms. The molecule has 2 rings (SSSR count). The zero-order valence-electron chi connectivity index (χ0n) is 10.9. The third-order valence-electron chi connectivity index (χ3n) is 3.62. The van der Waals surface area contributed by atoms with Gasteiger partial charge in [0.15, 0.2) is 0 Å². The number of amides is 1. The second kappa shape index (κ2) is 5.50. The van der Waals surface area contributed by atoms with Crippen molar-refractivity contribution in [1.82, 2.24) is 9.80 Å². The van der Waals surface area contributed by atoms with Crippen molar-refractivity contribution >= 4 is 5.91 Å². The summed E-state index contributed by atoms with van der Waals surface area (Å²) >= 11 is 0. The summed E-state index contributed by atoms with van der Waals surface area (Å²) in [6.07, 6.45) is 8.00.